The standard InChI is InChI=1S/C17H13ClN2O3S/c18-11-1-3-12(4-2-11)20-8-7-19-17(20)24-10-16(23)14-6-5-13(21)9-15(14)22/h1-9,21-22H,10H2. The molecule has 122 valence electrons. The molecule has 1 aromatic heterocycles. The quantitative estimate of drug-likeness (QED) is 0.533. The predicted molar refractivity (Wildman–Crippen MR) is 93.4 cm³/mol. The summed E-state index contributed by atoms with van der Waals surface area (Å²) in [5, 5.41) is 20.3. The smallest absolute Gasteiger partial charge is 0.176 e. The number of aromatic hydroxyl groups is 2. The van der Waals surface area contributed by atoms with Gasteiger partial charge in [0.15, 0.2) is 10.9 Å². The number of carbonyl (C=O) groups excluding carboxylic acids is 1. The number of Topliss-reactive ketones (excluding diaryl/α,β-unsaturated/α-hetero) is 1. The molecule has 24 heavy (non-hydrogen) atoms. The number of benzene rings is 2. The fourth-order valence-corrected chi connectivity index (χ4v) is 3.14. The Morgan fingerprint density at radius 2 is 1.92 bits per heavy atom. The lowest BCUT2D eigenvalue weighted by atomic mass is 10.1. The molecule has 0 spiro atoms. The summed E-state index contributed by atoms with van der Waals surface area (Å²) < 4.78 is 1.85. The third kappa shape index (κ3) is 3.55. The number of aromatic nitrogens is 2. The molecular weight excluding hydrogens is 348 g/mol. The minimum absolute atomic E-state index is 0.0880. The molecule has 0 aliphatic rings. The summed E-state index contributed by atoms with van der Waals surface area (Å²) in [5.74, 6) is -0.456. The van der Waals surface area contributed by atoms with Crippen molar-refractivity contribution >= 4 is 29.1 Å². The molecule has 3 aromatic rings. The Morgan fingerprint density at radius 1 is 1.17 bits per heavy atom. The van der Waals surface area contributed by atoms with Gasteiger partial charge in [-0.3, -0.25) is 9.36 Å². The number of halogens is 1. The molecule has 0 atom stereocenters. The zero-order chi connectivity index (χ0) is 17.1. The molecule has 0 aliphatic carbocycles. The van der Waals surface area contributed by atoms with Crippen LogP contribution in [-0.4, -0.2) is 31.3 Å². The van der Waals surface area contributed by atoms with Crippen LogP contribution in [0.25, 0.3) is 5.69 Å². The van der Waals surface area contributed by atoms with Gasteiger partial charge in [0.25, 0.3) is 0 Å². The number of hydrogen-bond donors (Lipinski definition) is 2. The first-order valence-corrected chi connectivity index (χ1v) is 8.38. The highest BCUT2D eigenvalue weighted by molar-refractivity contribution is 7.99. The van der Waals surface area contributed by atoms with E-state index < -0.39 is 0 Å². The summed E-state index contributed by atoms with van der Waals surface area (Å²) in [6.45, 7) is 0. The van der Waals surface area contributed by atoms with Gasteiger partial charge in [-0.1, -0.05) is 23.4 Å². The number of phenolic OH excluding ortho intramolecular Hbond substituents is 2. The number of thioether (sulfide) groups is 1. The van der Waals surface area contributed by atoms with Gasteiger partial charge in [0, 0.05) is 29.2 Å². The van der Waals surface area contributed by atoms with Crippen LogP contribution in [0.15, 0.2) is 60.0 Å². The van der Waals surface area contributed by atoms with Gasteiger partial charge in [-0.05, 0) is 36.4 Å². The summed E-state index contributed by atoms with van der Waals surface area (Å²) in [4.78, 5) is 16.5. The third-order valence-corrected chi connectivity index (χ3v) is 4.54. The number of ketones is 1. The number of nitrogens with zero attached hydrogens (tertiary/aromatic N) is 2. The number of phenols is 2. The molecular formula is C17H13ClN2O3S. The van der Waals surface area contributed by atoms with E-state index in [0.29, 0.717) is 10.2 Å². The molecule has 2 aromatic carbocycles. The van der Waals surface area contributed by atoms with Crippen molar-refractivity contribution in [3.63, 3.8) is 0 Å². The van der Waals surface area contributed by atoms with Gasteiger partial charge >= 0.3 is 0 Å². The van der Waals surface area contributed by atoms with E-state index in [-0.39, 0.29) is 28.6 Å². The number of imidazole rings is 1. The number of rotatable bonds is 5. The molecule has 3 rings (SSSR count). The van der Waals surface area contributed by atoms with Crippen molar-refractivity contribution in [3.05, 3.63) is 65.4 Å². The predicted octanol–water partition coefficient (Wildman–Crippen LogP) is 3.91. The minimum Gasteiger partial charge on any atom is -0.508 e. The first-order valence-electron chi connectivity index (χ1n) is 7.02. The topological polar surface area (TPSA) is 75.4 Å². The van der Waals surface area contributed by atoms with Gasteiger partial charge in [0.2, 0.25) is 0 Å². The van der Waals surface area contributed by atoms with Crippen LogP contribution in [0.1, 0.15) is 10.4 Å². The molecule has 0 saturated carbocycles. The SMILES string of the molecule is O=C(CSc1nccn1-c1ccc(Cl)cc1)c1ccc(O)cc1O. The maximum Gasteiger partial charge on any atom is 0.176 e. The maximum atomic E-state index is 12.2. The van der Waals surface area contributed by atoms with Gasteiger partial charge < -0.3 is 10.2 Å². The normalized spacial score (nSPS) is 10.7. The second-order valence-electron chi connectivity index (χ2n) is 4.97. The van der Waals surface area contributed by atoms with Crippen LogP contribution >= 0.6 is 23.4 Å². The molecule has 2 N–H and O–H groups in total. The highest BCUT2D eigenvalue weighted by Crippen LogP contribution is 2.26. The van der Waals surface area contributed by atoms with Crippen LogP contribution in [0.4, 0.5) is 0 Å². The summed E-state index contributed by atoms with van der Waals surface area (Å²) in [6, 6.07) is 11.2. The van der Waals surface area contributed by atoms with Gasteiger partial charge in [-0.15, -0.1) is 0 Å². The minimum atomic E-state index is -0.247. The van der Waals surface area contributed by atoms with Crippen LogP contribution in [0.3, 0.4) is 0 Å². The van der Waals surface area contributed by atoms with Crippen LogP contribution in [-0.2, 0) is 0 Å². The average molecular weight is 361 g/mol. The fraction of sp³-hybridized carbons (Fsp3) is 0.0588. The number of carbonyl (C=O) groups is 1. The van der Waals surface area contributed by atoms with Crippen molar-refractivity contribution < 1.29 is 15.0 Å². The van der Waals surface area contributed by atoms with E-state index >= 15 is 0 Å². The van der Waals surface area contributed by atoms with Crippen LogP contribution in [0.2, 0.25) is 5.02 Å². The molecule has 5 nitrogen and oxygen atoms in total. The van der Waals surface area contributed by atoms with E-state index in [1.807, 2.05) is 16.7 Å². The highest BCUT2D eigenvalue weighted by Gasteiger charge is 2.14. The molecule has 7 heteroatoms. The monoisotopic (exact) mass is 360 g/mol. The van der Waals surface area contributed by atoms with Crippen LogP contribution in [0, 0.1) is 0 Å². The largest absolute Gasteiger partial charge is 0.508 e. The Kier molecular flexibility index (Phi) is 4.78. The van der Waals surface area contributed by atoms with Crippen molar-refractivity contribution in [2.24, 2.45) is 0 Å². The van der Waals surface area contributed by atoms with Crippen molar-refractivity contribution in [2.45, 2.75) is 5.16 Å². The maximum absolute atomic E-state index is 12.2. The van der Waals surface area contributed by atoms with E-state index in [4.69, 9.17) is 11.6 Å². The first kappa shape index (κ1) is 16.4. The van der Waals surface area contributed by atoms with Crippen molar-refractivity contribution in [2.75, 3.05) is 5.75 Å². The summed E-state index contributed by atoms with van der Waals surface area (Å²) in [6.07, 6.45) is 3.45. The van der Waals surface area contributed by atoms with Gasteiger partial charge in [0.05, 0.1) is 11.3 Å². The summed E-state index contributed by atoms with van der Waals surface area (Å²) in [7, 11) is 0. The van der Waals surface area contributed by atoms with Gasteiger partial charge in [-0.25, -0.2) is 4.98 Å². The molecule has 0 unspecified atom stereocenters. The lowest BCUT2D eigenvalue weighted by Crippen LogP contribution is -2.04. The zero-order valence-electron chi connectivity index (χ0n) is 12.4. The average Bonchev–Trinajstić information content (AvgIpc) is 3.02. The lowest BCUT2D eigenvalue weighted by Gasteiger charge is -2.08. The van der Waals surface area contributed by atoms with Crippen molar-refractivity contribution in [1.82, 2.24) is 9.55 Å². The second-order valence-corrected chi connectivity index (χ2v) is 6.35. The molecule has 0 bridgehead atoms. The Morgan fingerprint density at radius 3 is 2.62 bits per heavy atom. The van der Waals surface area contributed by atoms with E-state index in [1.165, 1.54) is 23.9 Å². The zero-order valence-corrected chi connectivity index (χ0v) is 14.0. The Labute approximate surface area is 147 Å². The molecule has 0 aliphatic heterocycles. The third-order valence-electron chi connectivity index (χ3n) is 3.33. The Bertz CT molecular complexity index is 878. The summed E-state index contributed by atoms with van der Waals surface area (Å²) >= 11 is 7.16. The van der Waals surface area contributed by atoms with Crippen LogP contribution < -0.4 is 0 Å². The number of hydrogen-bond acceptors (Lipinski definition) is 5. The fourth-order valence-electron chi connectivity index (χ4n) is 2.16. The first-order chi connectivity index (χ1) is 11.5. The van der Waals surface area contributed by atoms with E-state index in [9.17, 15) is 15.0 Å². The van der Waals surface area contributed by atoms with E-state index in [2.05, 4.69) is 4.98 Å². The van der Waals surface area contributed by atoms with E-state index in [0.717, 1.165) is 11.8 Å². The van der Waals surface area contributed by atoms with Crippen molar-refractivity contribution in [3.8, 4) is 17.2 Å². The molecule has 0 saturated heterocycles. The van der Waals surface area contributed by atoms with Crippen molar-refractivity contribution in [1.29, 1.82) is 0 Å². The van der Waals surface area contributed by atoms with Gasteiger partial charge in [0.1, 0.15) is 11.5 Å². The van der Waals surface area contributed by atoms with E-state index in [1.54, 1.807) is 24.5 Å². The summed E-state index contributed by atoms with van der Waals surface area (Å²) in [5.41, 5.74) is 1.06. The second kappa shape index (κ2) is 6.98. The van der Waals surface area contributed by atoms with Crippen LogP contribution in [0.5, 0.6) is 11.5 Å². The Balaban J connectivity index is 1.75. The Hall–Kier alpha value is -2.44. The molecule has 0 amide bonds. The molecule has 1 heterocycles. The highest BCUT2D eigenvalue weighted by atomic mass is 35.5. The molecule has 0 fully saturated rings. The van der Waals surface area contributed by atoms with Gasteiger partial charge in [-0.2, -0.15) is 0 Å². The molecule has 0 radical (unpaired) electrons. The lowest BCUT2D eigenvalue weighted by molar-refractivity contribution is 0.102.